The Balaban J connectivity index is 1.68. The highest BCUT2D eigenvalue weighted by Crippen LogP contribution is 2.24. The summed E-state index contributed by atoms with van der Waals surface area (Å²) in [6, 6.07) is 12.9. The van der Waals surface area contributed by atoms with Crippen LogP contribution in [0.1, 0.15) is 29.4 Å². The molecule has 0 unspecified atom stereocenters. The third kappa shape index (κ3) is 4.25. The molecule has 1 heterocycles. The quantitative estimate of drug-likeness (QED) is 0.553. The minimum Gasteiger partial charge on any atom is -0.485 e. The number of hydrogen-bond donors (Lipinski definition) is 0. The zero-order valence-corrected chi connectivity index (χ0v) is 16.0. The predicted molar refractivity (Wildman–Crippen MR) is 102 cm³/mol. The first-order valence-electron chi connectivity index (χ1n) is 8.56. The van der Waals surface area contributed by atoms with Gasteiger partial charge < -0.3 is 9.30 Å². The highest BCUT2D eigenvalue weighted by Gasteiger charge is 2.13. The van der Waals surface area contributed by atoms with Gasteiger partial charge in [-0.2, -0.15) is 0 Å². The first kappa shape index (κ1) is 18.5. The summed E-state index contributed by atoms with van der Waals surface area (Å²) < 4.78 is 21.7. The third-order valence-corrected chi connectivity index (χ3v) is 5.13. The molecular formula is C20H22FN3OS. The Morgan fingerprint density at radius 2 is 1.92 bits per heavy atom. The number of aromatic nitrogens is 3. The van der Waals surface area contributed by atoms with Crippen molar-refractivity contribution in [2.45, 2.75) is 44.8 Å². The minimum atomic E-state index is -0.194. The lowest BCUT2D eigenvalue weighted by atomic mass is 10.1. The number of halogens is 1. The van der Waals surface area contributed by atoms with Crippen molar-refractivity contribution < 1.29 is 9.13 Å². The lowest BCUT2D eigenvalue weighted by molar-refractivity contribution is 0.286. The summed E-state index contributed by atoms with van der Waals surface area (Å²) in [6.07, 6.45) is 0. The largest absolute Gasteiger partial charge is 0.485 e. The van der Waals surface area contributed by atoms with Crippen LogP contribution in [-0.2, 0) is 18.9 Å². The zero-order chi connectivity index (χ0) is 18.5. The van der Waals surface area contributed by atoms with Gasteiger partial charge in [0.05, 0.1) is 0 Å². The van der Waals surface area contributed by atoms with Crippen molar-refractivity contribution in [2.75, 3.05) is 0 Å². The Bertz CT molecular complexity index is 895. The van der Waals surface area contributed by atoms with Gasteiger partial charge in [0.15, 0.2) is 11.0 Å². The molecule has 6 heteroatoms. The molecular weight excluding hydrogens is 349 g/mol. The monoisotopic (exact) mass is 371 g/mol. The van der Waals surface area contributed by atoms with Crippen LogP contribution in [0.2, 0.25) is 0 Å². The average Bonchev–Trinajstić information content (AvgIpc) is 3.02. The molecule has 0 saturated carbocycles. The van der Waals surface area contributed by atoms with E-state index in [0.29, 0.717) is 17.9 Å². The molecule has 3 rings (SSSR count). The highest BCUT2D eigenvalue weighted by atomic mass is 32.2. The molecule has 4 nitrogen and oxygen atoms in total. The van der Waals surface area contributed by atoms with Crippen LogP contribution in [0.4, 0.5) is 4.39 Å². The number of aryl methyl sites for hydroxylation is 2. The summed E-state index contributed by atoms with van der Waals surface area (Å²) in [7, 11) is 0. The second-order valence-electron chi connectivity index (χ2n) is 6.08. The number of hydrogen-bond acceptors (Lipinski definition) is 4. The molecule has 0 aliphatic heterocycles. The summed E-state index contributed by atoms with van der Waals surface area (Å²) in [6.45, 7) is 7.21. The van der Waals surface area contributed by atoms with E-state index < -0.39 is 0 Å². The summed E-state index contributed by atoms with van der Waals surface area (Å²) >= 11 is 1.48. The van der Waals surface area contributed by atoms with Crippen molar-refractivity contribution in [3.05, 3.63) is 70.8 Å². The van der Waals surface area contributed by atoms with E-state index >= 15 is 0 Å². The fraction of sp³-hybridized carbons (Fsp3) is 0.300. The second kappa shape index (κ2) is 8.36. The molecule has 3 aromatic rings. The topological polar surface area (TPSA) is 39.9 Å². The minimum absolute atomic E-state index is 0.194. The lowest BCUT2D eigenvalue weighted by Gasteiger charge is -2.11. The Morgan fingerprint density at radius 3 is 2.65 bits per heavy atom. The fourth-order valence-electron chi connectivity index (χ4n) is 2.71. The van der Waals surface area contributed by atoms with Crippen LogP contribution in [0.5, 0.6) is 5.75 Å². The molecule has 26 heavy (non-hydrogen) atoms. The van der Waals surface area contributed by atoms with Gasteiger partial charge in [0, 0.05) is 12.3 Å². The number of rotatable bonds is 7. The van der Waals surface area contributed by atoms with E-state index in [4.69, 9.17) is 4.74 Å². The van der Waals surface area contributed by atoms with Gasteiger partial charge in [-0.1, -0.05) is 47.7 Å². The van der Waals surface area contributed by atoms with Crippen molar-refractivity contribution in [1.29, 1.82) is 0 Å². The summed E-state index contributed by atoms with van der Waals surface area (Å²) in [5, 5.41) is 9.28. The van der Waals surface area contributed by atoms with Crippen LogP contribution in [0, 0.1) is 19.7 Å². The van der Waals surface area contributed by atoms with Gasteiger partial charge in [0.1, 0.15) is 18.2 Å². The maximum atomic E-state index is 13.8. The molecule has 0 bridgehead atoms. The Morgan fingerprint density at radius 1 is 1.12 bits per heavy atom. The SMILES string of the molecule is CCn1c(COc2ccc(C)cc2C)nnc1SCc1ccccc1F. The van der Waals surface area contributed by atoms with Crippen molar-refractivity contribution >= 4 is 11.8 Å². The summed E-state index contributed by atoms with van der Waals surface area (Å²) in [5.74, 6) is 1.94. The number of benzene rings is 2. The first-order chi connectivity index (χ1) is 12.6. The van der Waals surface area contributed by atoms with Crippen LogP contribution in [-0.4, -0.2) is 14.8 Å². The smallest absolute Gasteiger partial charge is 0.191 e. The van der Waals surface area contributed by atoms with Gasteiger partial charge in [-0.25, -0.2) is 4.39 Å². The fourth-order valence-corrected chi connectivity index (χ4v) is 3.72. The van der Waals surface area contributed by atoms with Crippen molar-refractivity contribution in [3.63, 3.8) is 0 Å². The molecule has 2 aromatic carbocycles. The molecule has 1 aromatic heterocycles. The van der Waals surface area contributed by atoms with E-state index in [-0.39, 0.29) is 5.82 Å². The van der Waals surface area contributed by atoms with E-state index in [1.807, 2.05) is 36.6 Å². The number of thioether (sulfide) groups is 1. The van der Waals surface area contributed by atoms with Crippen molar-refractivity contribution in [2.24, 2.45) is 0 Å². The van der Waals surface area contributed by atoms with Gasteiger partial charge in [-0.3, -0.25) is 0 Å². The molecule has 0 fully saturated rings. The summed E-state index contributed by atoms with van der Waals surface area (Å²) in [4.78, 5) is 0. The van der Waals surface area contributed by atoms with Crippen LogP contribution in [0.25, 0.3) is 0 Å². The molecule has 0 aliphatic carbocycles. The molecule has 0 N–H and O–H groups in total. The lowest BCUT2D eigenvalue weighted by Crippen LogP contribution is -2.07. The van der Waals surface area contributed by atoms with E-state index in [2.05, 4.69) is 23.2 Å². The van der Waals surface area contributed by atoms with Gasteiger partial charge >= 0.3 is 0 Å². The summed E-state index contributed by atoms with van der Waals surface area (Å²) in [5.41, 5.74) is 2.97. The van der Waals surface area contributed by atoms with Gasteiger partial charge in [-0.05, 0) is 44.0 Å². The third-order valence-electron chi connectivity index (χ3n) is 4.11. The van der Waals surface area contributed by atoms with Crippen molar-refractivity contribution in [3.8, 4) is 5.75 Å². The van der Waals surface area contributed by atoms with E-state index in [9.17, 15) is 4.39 Å². The van der Waals surface area contributed by atoms with E-state index in [1.165, 1.54) is 23.4 Å². The maximum absolute atomic E-state index is 13.8. The molecule has 136 valence electrons. The van der Waals surface area contributed by atoms with Crippen LogP contribution in [0.15, 0.2) is 47.6 Å². The maximum Gasteiger partial charge on any atom is 0.191 e. The second-order valence-corrected chi connectivity index (χ2v) is 7.02. The molecule has 0 saturated heterocycles. The zero-order valence-electron chi connectivity index (χ0n) is 15.2. The standard InChI is InChI=1S/C20H22FN3OS/c1-4-24-19(12-25-18-10-9-14(2)11-15(18)3)22-23-20(24)26-13-16-7-5-6-8-17(16)21/h5-11H,4,12-13H2,1-3H3. The van der Waals surface area contributed by atoms with Crippen molar-refractivity contribution in [1.82, 2.24) is 14.8 Å². The van der Waals surface area contributed by atoms with Crippen LogP contribution >= 0.6 is 11.8 Å². The van der Waals surface area contributed by atoms with Gasteiger partial charge in [0.2, 0.25) is 0 Å². The molecule has 0 atom stereocenters. The number of nitrogens with zero attached hydrogens (tertiary/aromatic N) is 3. The Hall–Kier alpha value is -2.34. The van der Waals surface area contributed by atoms with Gasteiger partial charge in [-0.15, -0.1) is 10.2 Å². The molecule has 0 spiro atoms. The van der Waals surface area contributed by atoms with Crippen LogP contribution in [0.3, 0.4) is 0 Å². The van der Waals surface area contributed by atoms with E-state index in [0.717, 1.165) is 28.8 Å². The first-order valence-corrected chi connectivity index (χ1v) is 9.55. The van der Waals surface area contributed by atoms with Crippen LogP contribution < -0.4 is 4.74 Å². The molecule has 0 amide bonds. The van der Waals surface area contributed by atoms with Gasteiger partial charge in [0.25, 0.3) is 0 Å². The number of ether oxygens (including phenoxy) is 1. The highest BCUT2D eigenvalue weighted by molar-refractivity contribution is 7.98. The predicted octanol–water partition coefficient (Wildman–Crippen LogP) is 4.93. The molecule has 0 aliphatic rings. The Kier molecular flexibility index (Phi) is 5.93. The normalized spacial score (nSPS) is 10.9. The Labute approximate surface area is 157 Å². The van der Waals surface area contributed by atoms with E-state index in [1.54, 1.807) is 12.1 Å². The molecule has 0 radical (unpaired) electrons. The average molecular weight is 371 g/mol.